The number of carbonyl (C=O) groups is 1. The van der Waals surface area contributed by atoms with Gasteiger partial charge in [-0.1, -0.05) is 35.5 Å². The number of benzene rings is 1. The van der Waals surface area contributed by atoms with Crippen LogP contribution >= 0.6 is 11.3 Å². The number of thiophene rings is 1. The molecule has 8 nitrogen and oxygen atoms in total. The lowest BCUT2D eigenvalue weighted by molar-refractivity contribution is -0.159. The van der Waals surface area contributed by atoms with Crippen molar-refractivity contribution in [1.82, 2.24) is 14.9 Å². The SMILES string of the molecule is O=C(O)C1(NS(=O)(=O)c2ccc(-c3noc(C(F)(F)F)n3)s2)C[C@@H]1c1ccccc1. The van der Waals surface area contributed by atoms with Gasteiger partial charge in [-0.05, 0) is 24.1 Å². The number of rotatable bonds is 6. The summed E-state index contributed by atoms with van der Waals surface area (Å²) in [5.74, 6) is -3.83. The first kappa shape index (κ1) is 20.5. The van der Waals surface area contributed by atoms with E-state index in [0.717, 1.165) is 6.07 Å². The molecule has 0 bridgehead atoms. The van der Waals surface area contributed by atoms with E-state index in [1.807, 2.05) is 0 Å². The van der Waals surface area contributed by atoms with Crippen LogP contribution in [0.4, 0.5) is 13.2 Å². The largest absolute Gasteiger partial charge is 0.480 e. The quantitative estimate of drug-likeness (QED) is 0.581. The summed E-state index contributed by atoms with van der Waals surface area (Å²) in [6, 6.07) is 11.0. The van der Waals surface area contributed by atoms with Gasteiger partial charge in [0.1, 0.15) is 9.75 Å². The molecule has 0 radical (unpaired) electrons. The van der Waals surface area contributed by atoms with Gasteiger partial charge in [0.05, 0.1) is 4.88 Å². The highest BCUT2D eigenvalue weighted by Gasteiger charge is 2.63. The third-order valence-electron chi connectivity index (χ3n) is 4.60. The molecule has 30 heavy (non-hydrogen) atoms. The Morgan fingerprint density at radius 3 is 2.53 bits per heavy atom. The molecule has 2 N–H and O–H groups in total. The molecule has 2 heterocycles. The highest BCUT2D eigenvalue weighted by atomic mass is 32.2. The third kappa shape index (κ3) is 3.59. The van der Waals surface area contributed by atoms with Crippen molar-refractivity contribution in [2.24, 2.45) is 0 Å². The monoisotopic (exact) mass is 459 g/mol. The molecule has 4 rings (SSSR count). The third-order valence-corrected chi connectivity index (χ3v) is 7.68. The fraction of sp³-hybridized carbons (Fsp3) is 0.235. The van der Waals surface area contributed by atoms with Gasteiger partial charge in [-0.3, -0.25) is 4.79 Å². The molecule has 1 fully saturated rings. The van der Waals surface area contributed by atoms with Gasteiger partial charge in [0.15, 0.2) is 0 Å². The molecule has 0 aliphatic heterocycles. The average molecular weight is 459 g/mol. The Hall–Kier alpha value is -2.77. The zero-order chi connectivity index (χ0) is 21.7. The molecule has 3 aromatic rings. The lowest BCUT2D eigenvalue weighted by atomic mass is 10.1. The maximum absolute atomic E-state index is 12.8. The minimum Gasteiger partial charge on any atom is -0.480 e. The van der Waals surface area contributed by atoms with Crippen molar-refractivity contribution in [1.29, 1.82) is 0 Å². The number of aromatic nitrogens is 2. The van der Waals surface area contributed by atoms with E-state index < -0.39 is 45.3 Å². The Balaban J connectivity index is 1.59. The Bertz CT molecular complexity index is 1210. The van der Waals surface area contributed by atoms with Gasteiger partial charge in [0.2, 0.25) is 5.82 Å². The fourth-order valence-corrected chi connectivity index (χ4v) is 5.69. The Morgan fingerprint density at radius 1 is 1.23 bits per heavy atom. The lowest BCUT2D eigenvalue weighted by Crippen LogP contribution is -2.44. The molecular formula is C17H12F3N3O5S2. The van der Waals surface area contributed by atoms with Crippen LogP contribution < -0.4 is 4.72 Å². The van der Waals surface area contributed by atoms with Crippen LogP contribution in [0.2, 0.25) is 0 Å². The van der Waals surface area contributed by atoms with Gasteiger partial charge in [-0.15, -0.1) is 11.3 Å². The van der Waals surface area contributed by atoms with Crippen LogP contribution in [0.3, 0.4) is 0 Å². The number of aliphatic carboxylic acids is 1. The van der Waals surface area contributed by atoms with Crippen molar-refractivity contribution in [2.45, 2.75) is 28.3 Å². The number of hydrogen-bond acceptors (Lipinski definition) is 7. The normalized spacial score (nSPS) is 21.5. The molecule has 2 atom stereocenters. The number of carboxylic acids is 1. The summed E-state index contributed by atoms with van der Waals surface area (Å²) < 4.78 is 69.4. The molecule has 0 amide bonds. The maximum atomic E-state index is 12.8. The van der Waals surface area contributed by atoms with Crippen LogP contribution in [0.15, 0.2) is 51.2 Å². The van der Waals surface area contributed by atoms with Gasteiger partial charge < -0.3 is 9.63 Å². The minimum absolute atomic E-state index is 0.0226. The number of sulfonamides is 1. The first-order valence-corrected chi connectivity index (χ1v) is 10.7. The highest BCUT2D eigenvalue weighted by molar-refractivity contribution is 7.91. The van der Waals surface area contributed by atoms with Crippen molar-refractivity contribution in [3.8, 4) is 10.7 Å². The van der Waals surface area contributed by atoms with E-state index in [1.54, 1.807) is 30.3 Å². The van der Waals surface area contributed by atoms with E-state index in [9.17, 15) is 31.5 Å². The van der Waals surface area contributed by atoms with Gasteiger partial charge in [0.25, 0.3) is 10.0 Å². The van der Waals surface area contributed by atoms with Gasteiger partial charge in [0, 0.05) is 5.92 Å². The molecule has 1 aliphatic carbocycles. The summed E-state index contributed by atoms with van der Waals surface area (Å²) in [6.07, 6.45) is -4.76. The van der Waals surface area contributed by atoms with Crippen LogP contribution in [-0.4, -0.2) is 35.2 Å². The van der Waals surface area contributed by atoms with Crippen molar-refractivity contribution < 1.29 is 36.0 Å². The van der Waals surface area contributed by atoms with Crippen molar-refractivity contribution >= 4 is 27.3 Å². The standard InChI is InChI=1S/C17H12F3N3O5S2/c18-17(19,20)14-21-13(22-28-14)11-6-7-12(29-11)30(26,27)23-16(15(24)25)8-10(16)9-4-2-1-3-5-9/h1-7,10,23H,8H2,(H,24,25)/t10-,16?/m1/s1. The van der Waals surface area contributed by atoms with E-state index in [-0.39, 0.29) is 15.5 Å². The summed E-state index contributed by atoms with van der Waals surface area (Å²) in [4.78, 5) is 15.1. The summed E-state index contributed by atoms with van der Waals surface area (Å²) >= 11 is 0.598. The number of halogens is 3. The number of nitrogens with zero attached hydrogens (tertiary/aromatic N) is 2. The first-order chi connectivity index (χ1) is 14.0. The fourth-order valence-electron chi connectivity index (χ4n) is 3.06. The number of hydrogen-bond donors (Lipinski definition) is 2. The van der Waals surface area contributed by atoms with E-state index in [1.165, 1.54) is 6.07 Å². The van der Waals surface area contributed by atoms with Crippen LogP contribution in [-0.2, 0) is 21.0 Å². The van der Waals surface area contributed by atoms with Crippen molar-refractivity contribution in [3.63, 3.8) is 0 Å². The van der Waals surface area contributed by atoms with Crippen LogP contribution in [0.5, 0.6) is 0 Å². The first-order valence-electron chi connectivity index (χ1n) is 8.36. The topological polar surface area (TPSA) is 122 Å². The summed E-state index contributed by atoms with van der Waals surface area (Å²) in [6.45, 7) is 0. The second kappa shape index (κ2) is 6.89. The van der Waals surface area contributed by atoms with Crippen molar-refractivity contribution in [3.05, 3.63) is 53.9 Å². The Morgan fingerprint density at radius 2 is 1.93 bits per heavy atom. The molecule has 1 aliphatic rings. The van der Waals surface area contributed by atoms with E-state index in [0.29, 0.717) is 16.9 Å². The molecule has 1 unspecified atom stereocenters. The Labute approximate surface area is 171 Å². The zero-order valence-corrected chi connectivity index (χ0v) is 16.4. The van der Waals surface area contributed by atoms with E-state index >= 15 is 0 Å². The van der Waals surface area contributed by atoms with E-state index in [4.69, 9.17) is 0 Å². The second-order valence-electron chi connectivity index (χ2n) is 6.59. The number of carboxylic acid groups (broad SMARTS) is 1. The summed E-state index contributed by atoms with van der Waals surface area (Å²) in [5, 5.41) is 12.9. The molecule has 1 aromatic carbocycles. The number of alkyl halides is 3. The lowest BCUT2D eigenvalue weighted by Gasteiger charge is -2.14. The smallest absolute Gasteiger partial charge is 0.471 e. The van der Waals surface area contributed by atoms with Gasteiger partial charge in [-0.2, -0.15) is 22.9 Å². The Kier molecular flexibility index (Phi) is 4.71. The summed E-state index contributed by atoms with van der Waals surface area (Å²) in [7, 11) is -4.27. The number of nitrogens with one attached hydrogen (secondary N) is 1. The molecular weight excluding hydrogens is 447 g/mol. The minimum atomic E-state index is -4.83. The van der Waals surface area contributed by atoms with Crippen LogP contribution in [0.25, 0.3) is 10.7 Å². The van der Waals surface area contributed by atoms with Gasteiger partial charge >= 0.3 is 18.0 Å². The predicted octanol–water partition coefficient (Wildman–Crippen LogP) is 3.11. The zero-order valence-electron chi connectivity index (χ0n) is 14.8. The summed E-state index contributed by atoms with van der Waals surface area (Å²) in [5.41, 5.74) is -1.01. The molecule has 13 heteroatoms. The molecule has 0 spiro atoms. The van der Waals surface area contributed by atoms with E-state index in [2.05, 4.69) is 19.4 Å². The maximum Gasteiger partial charge on any atom is 0.471 e. The molecule has 2 aromatic heterocycles. The van der Waals surface area contributed by atoms with Crippen molar-refractivity contribution in [2.75, 3.05) is 0 Å². The second-order valence-corrected chi connectivity index (χ2v) is 9.58. The molecule has 158 valence electrons. The predicted molar refractivity (Wildman–Crippen MR) is 97.1 cm³/mol. The van der Waals surface area contributed by atoms with Crippen LogP contribution in [0.1, 0.15) is 23.8 Å². The average Bonchev–Trinajstić information content (AvgIpc) is 3.05. The van der Waals surface area contributed by atoms with Crippen LogP contribution in [0, 0.1) is 0 Å². The highest BCUT2D eigenvalue weighted by Crippen LogP contribution is 2.52. The molecule has 1 saturated carbocycles. The van der Waals surface area contributed by atoms with Gasteiger partial charge in [-0.25, -0.2) is 8.42 Å². The molecule has 0 saturated heterocycles.